The Kier molecular flexibility index (Phi) is 7.26. The van der Waals surface area contributed by atoms with Crippen molar-refractivity contribution in [2.24, 2.45) is 0 Å². The highest BCUT2D eigenvalue weighted by Crippen LogP contribution is 2.31. The summed E-state index contributed by atoms with van der Waals surface area (Å²) in [4.78, 5) is 29.5. The maximum Gasteiger partial charge on any atom is 0.255 e. The molecule has 168 valence electrons. The molecule has 4 rings (SSSR count). The van der Waals surface area contributed by atoms with E-state index in [1.807, 2.05) is 48.5 Å². The van der Waals surface area contributed by atoms with Crippen molar-refractivity contribution in [3.8, 4) is 0 Å². The summed E-state index contributed by atoms with van der Waals surface area (Å²) >= 11 is 6.15. The van der Waals surface area contributed by atoms with Gasteiger partial charge in [-0.2, -0.15) is 0 Å². The van der Waals surface area contributed by atoms with Crippen molar-refractivity contribution in [3.63, 3.8) is 0 Å². The third kappa shape index (κ3) is 5.35. The van der Waals surface area contributed by atoms with Gasteiger partial charge in [0.25, 0.3) is 5.91 Å². The lowest BCUT2D eigenvalue weighted by Gasteiger charge is -2.08. The molecular weight excluding hydrogens is 432 g/mol. The van der Waals surface area contributed by atoms with Crippen LogP contribution in [0.25, 0.3) is 10.9 Å². The van der Waals surface area contributed by atoms with Crippen LogP contribution in [0.5, 0.6) is 0 Å². The van der Waals surface area contributed by atoms with Crippen LogP contribution in [0.2, 0.25) is 5.02 Å². The number of aromatic nitrogens is 1. The molecule has 5 heteroatoms. The van der Waals surface area contributed by atoms with Crippen LogP contribution in [0, 0.1) is 0 Å². The number of amides is 1. The third-order valence-corrected chi connectivity index (χ3v) is 6.03. The SMILES string of the molecule is CCCCCCc1ccc(C(=O)Nc2c(C(=O)c3ccccc3)[nH]c3cc(Cl)ccc23)cc1. The van der Waals surface area contributed by atoms with Crippen molar-refractivity contribution >= 4 is 39.9 Å². The number of halogens is 1. The Morgan fingerprint density at radius 1 is 0.879 bits per heavy atom. The molecule has 0 atom stereocenters. The van der Waals surface area contributed by atoms with Gasteiger partial charge in [0.05, 0.1) is 5.69 Å². The summed E-state index contributed by atoms with van der Waals surface area (Å²) in [6, 6.07) is 22.0. The predicted molar refractivity (Wildman–Crippen MR) is 135 cm³/mol. The summed E-state index contributed by atoms with van der Waals surface area (Å²) in [7, 11) is 0. The minimum absolute atomic E-state index is 0.194. The fourth-order valence-electron chi connectivity index (χ4n) is 3.97. The molecule has 1 amide bonds. The number of ketones is 1. The van der Waals surface area contributed by atoms with Gasteiger partial charge in [0.15, 0.2) is 0 Å². The standard InChI is InChI=1S/C28H27ClN2O2/c1-2-3-4-6-9-19-12-14-21(15-13-19)28(33)31-25-23-17-16-22(29)18-24(23)30-26(25)27(32)20-10-7-5-8-11-20/h5,7-8,10-18,30H,2-4,6,9H2,1H3,(H,31,33). The highest BCUT2D eigenvalue weighted by atomic mass is 35.5. The van der Waals surface area contributed by atoms with E-state index in [1.54, 1.807) is 24.3 Å². The van der Waals surface area contributed by atoms with Gasteiger partial charge >= 0.3 is 0 Å². The molecule has 4 nitrogen and oxygen atoms in total. The fraction of sp³-hybridized carbons (Fsp3) is 0.214. The van der Waals surface area contributed by atoms with Gasteiger partial charge in [-0.1, -0.05) is 80.3 Å². The van der Waals surface area contributed by atoms with Crippen molar-refractivity contribution < 1.29 is 9.59 Å². The lowest BCUT2D eigenvalue weighted by Crippen LogP contribution is -2.15. The minimum atomic E-state index is -0.259. The van der Waals surface area contributed by atoms with Crippen LogP contribution in [-0.2, 0) is 6.42 Å². The molecule has 33 heavy (non-hydrogen) atoms. The second kappa shape index (κ2) is 10.5. The van der Waals surface area contributed by atoms with Crippen molar-refractivity contribution in [1.82, 2.24) is 4.98 Å². The largest absolute Gasteiger partial charge is 0.350 e. The Hall–Kier alpha value is -3.37. The molecule has 0 aliphatic heterocycles. The van der Waals surface area contributed by atoms with Gasteiger partial charge in [-0.05, 0) is 48.7 Å². The Morgan fingerprint density at radius 3 is 2.36 bits per heavy atom. The number of benzene rings is 3. The van der Waals surface area contributed by atoms with Crippen LogP contribution >= 0.6 is 11.6 Å². The molecule has 0 fully saturated rings. The molecule has 0 radical (unpaired) electrons. The first-order valence-electron chi connectivity index (χ1n) is 11.4. The number of aryl methyl sites for hydroxylation is 1. The second-order valence-corrected chi connectivity index (χ2v) is 8.66. The normalized spacial score (nSPS) is 11.0. The summed E-state index contributed by atoms with van der Waals surface area (Å²) < 4.78 is 0. The first kappa shape index (κ1) is 22.8. The van der Waals surface area contributed by atoms with E-state index in [9.17, 15) is 9.59 Å². The Morgan fingerprint density at radius 2 is 1.64 bits per heavy atom. The zero-order valence-electron chi connectivity index (χ0n) is 18.7. The molecule has 0 aliphatic rings. The van der Waals surface area contributed by atoms with E-state index in [4.69, 9.17) is 11.6 Å². The number of anilines is 1. The van der Waals surface area contributed by atoms with Crippen LogP contribution in [0.3, 0.4) is 0 Å². The van der Waals surface area contributed by atoms with Gasteiger partial charge in [-0.25, -0.2) is 0 Å². The maximum atomic E-state index is 13.2. The van der Waals surface area contributed by atoms with Crippen LogP contribution < -0.4 is 5.32 Å². The summed E-state index contributed by atoms with van der Waals surface area (Å²) in [5.74, 6) is -0.453. The third-order valence-electron chi connectivity index (χ3n) is 5.80. The van der Waals surface area contributed by atoms with Crippen LogP contribution in [0.15, 0.2) is 72.8 Å². The summed E-state index contributed by atoms with van der Waals surface area (Å²) in [5, 5.41) is 4.25. The first-order chi connectivity index (χ1) is 16.1. The van der Waals surface area contributed by atoms with Crippen LogP contribution in [-0.4, -0.2) is 16.7 Å². The van der Waals surface area contributed by atoms with Crippen molar-refractivity contribution in [2.75, 3.05) is 5.32 Å². The van der Waals surface area contributed by atoms with Crippen molar-refractivity contribution in [2.45, 2.75) is 39.0 Å². The zero-order valence-corrected chi connectivity index (χ0v) is 19.4. The fourth-order valence-corrected chi connectivity index (χ4v) is 4.14. The predicted octanol–water partition coefficient (Wildman–Crippen LogP) is 7.43. The Balaban J connectivity index is 1.60. The number of fused-ring (bicyclic) bond motifs is 1. The molecular formula is C28H27ClN2O2. The van der Waals surface area contributed by atoms with E-state index in [0.717, 1.165) is 18.2 Å². The smallest absolute Gasteiger partial charge is 0.255 e. The highest BCUT2D eigenvalue weighted by molar-refractivity contribution is 6.31. The molecule has 2 N–H and O–H groups in total. The summed E-state index contributed by atoms with van der Waals surface area (Å²) in [5.41, 5.74) is 3.80. The van der Waals surface area contributed by atoms with E-state index in [0.29, 0.717) is 33.0 Å². The number of aromatic amines is 1. The molecule has 0 aliphatic carbocycles. The lowest BCUT2D eigenvalue weighted by atomic mass is 10.0. The Bertz CT molecular complexity index is 1260. The van der Waals surface area contributed by atoms with Gasteiger partial charge in [-0.15, -0.1) is 0 Å². The second-order valence-electron chi connectivity index (χ2n) is 8.22. The van der Waals surface area contributed by atoms with Gasteiger partial charge in [0.2, 0.25) is 5.78 Å². The monoisotopic (exact) mass is 458 g/mol. The number of rotatable bonds is 9. The van der Waals surface area contributed by atoms with E-state index < -0.39 is 0 Å². The van der Waals surface area contributed by atoms with E-state index >= 15 is 0 Å². The average molecular weight is 459 g/mol. The average Bonchev–Trinajstić information content (AvgIpc) is 3.19. The maximum absolute atomic E-state index is 13.2. The number of hydrogen-bond acceptors (Lipinski definition) is 2. The molecule has 0 spiro atoms. The van der Waals surface area contributed by atoms with Gasteiger partial charge in [0, 0.05) is 27.1 Å². The quantitative estimate of drug-likeness (QED) is 0.202. The number of unbranched alkanes of at least 4 members (excludes halogenated alkanes) is 3. The number of carbonyl (C=O) groups is 2. The van der Waals surface area contributed by atoms with Crippen molar-refractivity contribution in [3.05, 3.63) is 100 Å². The zero-order chi connectivity index (χ0) is 23.2. The van der Waals surface area contributed by atoms with E-state index in [2.05, 4.69) is 17.2 Å². The molecule has 0 saturated heterocycles. The first-order valence-corrected chi connectivity index (χ1v) is 11.8. The highest BCUT2D eigenvalue weighted by Gasteiger charge is 2.21. The number of nitrogens with one attached hydrogen (secondary N) is 2. The van der Waals surface area contributed by atoms with Gasteiger partial charge in [-0.3, -0.25) is 9.59 Å². The minimum Gasteiger partial charge on any atom is -0.350 e. The molecule has 1 aromatic heterocycles. The van der Waals surface area contributed by atoms with Crippen molar-refractivity contribution in [1.29, 1.82) is 0 Å². The van der Waals surface area contributed by atoms with Crippen LogP contribution in [0.1, 0.15) is 64.6 Å². The van der Waals surface area contributed by atoms with E-state index in [1.165, 1.54) is 24.8 Å². The number of carbonyl (C=O) groups excluding carboxylic acids is 2. The molecule has 1 heterocycles. The van der Waals surface area contributed by atoms with E-state index in [-0.39, 0.29) is 11.7 Å². The molecule has 0 bridgehead atoms. The van der Waals surface area contributed by atoms with Gasteiger partial charge < -0.3 is 10.3 Å². The summed E-state index contributed by atoms with van der Waals surface area (Å²) in [6.07, 6.45) is 5.86. The van der Waals surface area contributed by atoms with Gasteiger partial charge in [0.1, 0.15) is 5.69 Å². The van der Waals surface area contributed by atoms with Crippen LogP contribution in [0.4, 0.5) is 5.69 Å². The number of hydrogen-bond donors (Lipinski definition) is 2. The molecule has 0 unspecified atom stereocenters. The molecule has 4 aromatic rings. The molecule has 3 aromatic carbocycles. The number of H-pyrrole nitrogens is 1. The summed E-state index contributed by atoms with van der Waals surface area (Å²) in [6.45, 7) is 2.20. The molecule has 0 saturated carbocycles. The Labute approximate surface area is 199 Å². The lowest BCUT2D eigenvalue weighted by molar-refractivity contribution is 0.102. The topological polar surface area (TPSA) is 62.0 Å².